The molecular formula is C11H9N3O3. The Morgan fingerprint density at radius 2 is 2.24 bits per heavy atom. The monoisotopic (exact) mass is 231 g/mol. The Hall–Kier alpha value is -2.50. The summed E-state index contributed by atoms with van der Waals surface area (Å²) in [7, 11) is 0. The van der Waals surface area contributed by atoms with Gasteiger partial charge in [-0.05, 0) is 18.6 Å². The molecule has 0 fully saturated rings. The Balaban J connectivity index is 2.56. The minimum atomic E-state index is -0.486. The van der Waals surface area contributed by atoms with Gasteiger partial charge in [0, 0.05) is 12.1 Å². The second kappa shape index (κ2) is 4.17. The number of nitro groups is 1. The van der Waals surface area contributed by atoms with Crippen LogP contribution in [0.3, 0.4) is 0 Å². The number of aryl methyl sites for hydroxylation is 1. The highest BCUT2D eigenvalue weighted by molar-refractivity contribution is 5.75. The van der Waals surface area contributed by atoms with Gasteiger partial charge in [0.05, 0.1) is 16.8 Å². The van der Waals surface area contributed by atoms with Crippen LogP contribution in [0.4, 0.5) is 5.69 Å². The third-order valence-corrected chi connectivity index (χ3v) is 2.40. The van der Waals surface area contributed by atoms with Crippen LogP contribution in [0.1, 0.15) is 16.1 Å². The molecule has 0 saturated carbocycles. The van der Waals surface area contributed by atoms with Gasteiger partial charge in [0.2, 0.25) is 0 Å². The predicted molar refractivity (Wildman–Crippen MR) is 60.3 cm³/mol. The zero-order valence-electron chi connectivity index (χ0n) is 9.03. The summed E-state index contributed by atoms with van der Waals surface area (Å²) in [6.45, 7) is 1.75. The molecule has 0 aliphatic carbocycles. The molecule has 0 saturated heterocycles. The molecule has 1 heterocycles. The van der Waals surface area contributed by atoms with Gasteiger partial charge in [-0.3, -0.25) is 14.9 Å². The fraction of sp³-hybridized carbons (Fsp3) is 0.0909. The van der Waals surface area contributed by atoms with Crippen molar-refractivity contribution in [3.8, 4) is 5.69 Å². The van der Waals surface area contributed by atoms with Gasteiger partial charge in [0.1, 0.15) is 5.69 Å². The van der Waals surface area contributed by atoms with E-state index in [1.54, 1.807) is 25.3 Å². The molecule has 2 rings (SSSR count). The van der Waals surface area contributed by atoms with E-state index in [1.165, 1.54) is 16.8 Å². The molecule has 0 atom stereocenters. The lowest BCUT2D eigenvalue weighted by molar-refractivity contribution is -0.384. The Kier molecular flexibility index (Phi) is 2.70. The first-order valence-electron chi connectivity index (χ1n) is 4.88. The summed E-state index contributed by atoms with van der Waals surface area (Å²) in [4.78, 5) is 21.1. The normalized spacial score (nSPS) is 10.2. The van der Waals surface area contributed by atoms with Gasteiger partial charge >= 0.3 is 0 Å². The zero-order chi connectivity index (χ0) is 12.4. The minimum Gasteiger partial charge on any atom is -0.296 e. The highest BCUT2D eigenvalue weighted by atomic mass is 16.6. The van der Waals surface area contributed by atoms with E-state index in [1.807, 2.05) is 0 Å². The van der Waals surface area contributed by atoms with Crippen molar-refractivity contribution in [2.45, 2.75) is 6.92 Å². The van der Waals surface area contributed by atoms with Crippen molar-refractivity contribution in [2.75, 3.05) is 0 Å². The SMILES string of the molecule is Cc1cnn(-c2cccc([N+](=O)[O-])c2)c1C=O. The van der Waals surface area contributed by atoms with E-state index in [-0.39, 0.29) is 5.69 Å². The van der Waals surface area contributed by atoms with Crippen molar-refractivity contribution in [1.82, 2.24) is 9.78 Å². The first-order chi connectivity index (χ1) is 8.13. The molecule has 0 unspecified atom stereocenters. The Morgan fingerprint density at radius 1 is 1.47 bits per heavy atom. The van der Waals surface area contributed by atoms with Gasteiger partial charge in [0.15, 0.2) is 6.29 Å². The third kappa shape index (κ3) is 1.92. The fourth-order valence-electron chi connectivity index (χ4n) is 1.53. The van der Waals surface area contributed by atoms with Crippen LogP contribution in [0.5, 0.6) is 0 Å². The van der Waals surface area contributed by atoms with Crippen LogP contribution in [0.25, 0.3) is 5.69 Å². The molecular weight excluding hydrogens is 222 g/mol. The fourth-order valence-corrected chi connectivity index (χ4v) is 1.53. The average Bonchev–Trinajstić information content (AvgIpc) is 2.70. The van der Waals surface area contributed by atoms with Crippen molar-refractivity contribution in [2.24, 2.45) is 0 Å². The predicted octanol–water partition coefficient (Wildman–Crippen LogP) is 1.90. The summed E-state index contributed by atoms with van der Waals surface area (Å²) in [6.07, 6.45) is 2.23. The molecule has 1 aromatic carbocycles. The van der Waals surface area contributed by atoms with Gasteiger partial charge in [-0.1, -0.05) is 6.07 Å². The van der Waals surface area contributed by atoms with Crippen molar-refractivity contribution in [1.29, 1.82) is 0 Å². The quantitative estimate of drug-likeness (QED) is 0.459. The van der Waals surface area contributed by atoms with Gasteiger partial charge in [-0.2, -0.15) is 5.10 Å². The number of rotatable bonds is 3. The average molecular weight is 231 g/mol. The lowest BCUT2D eigenvalue weighted by Crippen LogP contribution is -2.02. The number of nitrogens with zero attached hydrogens (tertiary/aromatic N) is 3. The Bertz CT molecular complexity index is 589. The van der Waals surface area contributed by atoms with Crippen LogP contribution in [-0.2, 0) is 0 Å². The summed E-state index contributed by atoms with van der Waals surface area (Å²) < 4.78 is 1.38. The summed E-state index contributed by atoms with van der Waals surface area (Å²) in [6, 6.07) is 5.98. The third-order valence-electron chi connectivity index (χ3n) is 2.40. The molecule has 0 radical (unpaired) electrons. The van der Waals surface area contributed by atoms with Crippen LogP contribution < -0.4 is 0 Å². The zero-order valence-corrected chi connectivity index (χ0v) is 9.03. The van der Waals surface area contributed by atoms with E-state index in [0.29, 0.717) is 17.7 Å². The van der Waals surface area contributed by atoms with Crippen LogP contribution in [0, 0.1) is 17.0 Å². The van der Waals surface area contributed by atoms with Crippen molar-refractivity contribution in [3.63, 3.8) is 0 Å². The van der Waals surface area contributed by atoms with E-state index < -0.39 is 4.92 Å². The smallest absolute Gasteiger partial charge is 0.271 e. The molecule has 0 spiro atoms. The van der Waals surface area contributed by atoms with E-state index in [4.69, 9.17) is 0 Å². The number of hydrogen-bond donors (Lipinski definition) is 0. The second-order valence-electron chi connectivity index (χ2n) is 3.52. The number of nitro benzene ring substituents is 1. The topological polar surface area (TPSA) is 78.0 Å². The van der Waals surface area contributed by atoms with E-state index in [9.17, 15) is 14.9 Å². The van der Waals surface area contributed by atoms with Gasteiger partial charge in [0.25, 0.3) is 5.69 Å². The van der Waals surface area contributed by atoms with Crippen molar-refractivity contribution < 1.29 is 9.72 Å². The lowest BCUT2D eigenvalue weighted by atomic mass is 10.2. The number of aromatic nitrogens is 2. The maximum Gasteiger partial charge on any atom is 0.271 e. The number of carbonyl (C=O) groups is 1. The molecule has 6 heteroatoms. The molecule has 0 N–H and O–H groups in total. The summed E-state index contributed by atoms with van der Waals surface area (Å²) >= 11 is 0. The molecule has 1 aromatic heterocycles. The molecule has 0 aliphatic heterocycles. The van der Waals surface area contributed by atoms with Crippen LogP contribution in [0.15, 0.2) is 30.5 Å². The van der Waals surface area contributed by atoms with Gasteiger partial charge < -0.3 is 0 Å². The summed E-state index contributed by atoms with van der Waals surface area (Å²) in [5.74, 6) is 0. The molecule has 0 aliphatic rings. The largest absolute Gasteiger partial charge is 0.296 e. The maximum absolute atomic E-state index is 10.9. The van der Waals surface area contributed by atoms with E-state index >= 15 is 0 Å². The van der Waals surface area contributed by atoms with E-state index in [0.717, 1.165) is 5.56 Å². The van der Waals surface area contributed by atoms with Crippen molar-refractivity contribution in [3.05, 3.63) is 51.8 Å². The maximum atomic E-state index is 10.9. The lowest BCUT2D eigenvalue weighted by Gasteiger charge is -2.03. The number of benzene rings is 1. The molecule has 86 valence electrons. The standard InChI is InChI=1S/C11H9N3O3/c1-8-6-12-13(11(8)7-15)9-3-2-4-10(5-9)14(16)17/h2-7H,1H3. The van der Waals surface area contributed by atoms with Crippen LogP contribution >= 0.6 is 0 Å². The number of hydrogen-bond acceptors (Lipinski definition) is 4. The van der Waals surface area contributed by atoms with Crippen molar-refractivity contribution >= 4 is 12.0 Å². The molecule has 2 aromatic rings. The summed E-state index contributed by atoms with van der Waals surface area (Å²) in [5.41, 5.74) is 1.58. The van der Waals surface area contributed by atoms with E-state index in [2.05, 4.69) is 5.10 Å². The van der Waals surface area contributed by atoms with Gasteiger partial charge in [-0.15, -0.1) is 0 Å². The highest BCUT2D eigenvalue weighted by Crippen LogP contribution is 2.18. The van der Waals surface area contributed by atoms with Crippen LogP contribution in [0.2, 0.25) is 0 Å². The number of carbonyl (C=O) groups excluding carboxylic acids is 1. The number of non-ortho nitro benzene ring substituents is 1. The second-order valence-corrected chi connectivity index (χ2v) is 3.52. The molecule has 17 heavy (non-hydrogen) atoms. The highest BCUT2D eigenvalue weighted by Gasteiger charge is 2.11. The summed E-state index contributed by atoms with van der Waals surface area (Å²) in [5, 5.41) is 14.7. The first-order valence-corrected chi connectivity index (χ1v) is 4.88. The van der Waals surface area contributed by atoms with Gasteiger partial charge in [-0.25, -0.2) is 4.68 Å². The molecule has 6 nitrogen and oxygen atoms in total. The Labute approximate surface area is 96.6 Å². The first kappa shape index (κ1) is 11.0. The Morgan fingerprint density at radius 3 is 2.88 bits per heavy atom. The number of aldehydes is 1. The van der Waals surface area contributed by atoms with Crippen LogP contribution in [-0.4, -0.2) is 21.0 Å². The molecule has 0 bridgehead atoms. The minimum absolute atomic E-state index is 0.0347. The molecule has 0 amide bonds.